The van der Waals surface area contributed by atoms with Gasteiger partial charge in [0.15, 0.2) is 0 Å². The second kappa shape index (κ2) is 9.89. The maximum absolute atomic E-state index is 12.9. The van der Waals surface area contributed by atoms with Crippen LogP contribution in [0.15, 0.2) is 54.6 Å². The first-order chi connectivity index (χ1) is 14.1. The number of carbonyl (C=O) groups is 1. The molecule has 0 radical (unpaired) electrons. The van der Waals surface area contributed by atoms with E-state index in [1.807, 2.05) is 48.5 Å². The number of pyridine rings is 1. The Labute approximate surface area is 171 Å². The van der Waals surface area contributed by atoms with Crippen molar-refractivity contribution in [2.45, 2.75) is 13.8 Å². The molecule has 6 nitrogen and oxygen atoms in total. The van der Waals surface area contributed by atoms with Crippen LogP contribution < -0.4 is 15.4 Å². The number of anilines is 2. The monoisotopic (exact) mass is 392 g/mol. The highest BCUT2D eigenvalue weighted by atomic mass is 16.5. The average Bonchev–Trinajstić information content (AvgIpc) is 2.76. The first-order valence-corrected chi connectivity index (χ1v) is 9.96. The maximum Gasteiger partial charge on any atom is 0.252 e. The highest BCUT2D eigenvalue weighted by Gasteiger charge is 2.13. The quantitative estimate of drug-likeness (QED) is 0.575. The van der Waals surface area contributed by atoms with Crippen molar-refractivity contribution in [3.05, 3.63) is 60.2 Å². The van der Waals surface area contributed by atoms with Crippen molar-refractivity contribution in [2.24, 2.45) is 0 Å². The Morgan fingerprint density at radius 1 is 1.07 bits per heavy atom. The Morgan fingerprint density at radius 3 is 2.48 bits per heavy atom. The lowest BCUT2D eigenvalue weighted by atomic mass is 10.1. The molecule has 0 saturated heterocycles. The number of methoxy groups -OCH3 is 1. The van der Waals surface area contributed by atoms with Crippen LogP contribution in [0.25, 0.3) is 10.9 Å². The fourth-order valence-electron chi connectivity index (χ4n) is 3.21. The van der Waals surface area contributed by atoms with Crippen molar-refractivity contribution in [2.75, 3.05) is 38.6 Å². The molecule has 152 valence electrons. The third kappa shape index (κ3) is 5.23. The second-order valence-corrected chi connectivity index (χ2v) is 6.71. The summed E-state index contributed by atoms with van der Waals surface area (Å²) in [6.07, 6.45) is 0. The van der Waals surface area contributed by atoms with Crippen molar-refractivity contribution >= 4 is 28.3 Å². The number of rotatable bonds is 9. The Balaban J connectivity index is 1.82. The molecule has 1 amide bonds. The lowest BCUT2D eigenvalue weighted by molar-refractivity contribution is 0.0950. The Bertz CT molecular complexity index is 953. The summed E-state index contributed by atoms with van der Waals surface area (Å²) in [7, 11) is 1.64. The number of nitrogens with one attached hydrogen (secondary N) is 2. The summed E-state index contributed by atoms with van der Waals surface area (Å²) in [6, 6.07) is 17.1. The smallest absolute Gasteiger partial charge is 0.252 e. The third-order valence-corrected chi connectivity index (χ3v) is 4.93. The van der Waals surface area contributed by atoms with E-state index in [0.717, 1.165) is 42.0 Å². The van der Waals surface area contributed by atoms with Crippen molar-refractivity contribution in [1.29, 1.82) is 0 Å². The molecular formula is C23H28N4O2. The molecule has 29 heavy (non-hydrogen) atoms. The molecule has 3 aromatic rings. The number of ether oxygens (including phenoxy) is 1. The molecule has 1 aromatic heterocycles. The minimum Gasteiger partial charge on any atom is -0.497 e. The van der Waals surface area contributed by atoms with E-state index in [0.29, 0.717) is 17.9 Å². The highest BCUT2D eigenvalue weighted by molar-refractivity contribution is 6.07. The molecule has 0 aliphatic rings. The highest BCUT2D eigenvalue weighted by Crippen LogP contribution is 2.24. The Kier molecular flexibility index (Phi) is 7.03. The van der Waals surface area contributed by atoms with Gasteiger partial charge in [0.2, 0.25) is 0 Å². The van der Waals surface area contributed by atoms with E-state index in [9.17, 15) is 4.79 Å². The minimum absolute atomic E-state index is 0.0893. The lowest BCUT2D eigenvalue weighted by Gasteiger charge is -2.18. The number of carbonyl (C=O) groups excluding carboxylic acids is 1. The van der Waals surface area contributed by atoms with Crippen molar-refractivity contribution in [3.8, 4) is 5.75 Å². The normalized spacial score (nSPS) is 10.9. The number of hydrogen-bond acceptors (Lipinski definition) is 5. The average molecular weight is 393 g/mol. The summed E-state index contributed by atoms with van der Waals surface area (Å²) in [5.74, 6) is 1.33. The molecule has 0 fully saturated rings. The van der Waals surface area contributed by atoms with E-state index in [-0.39, 0.29) is 5.91 Å². The van der Waals surface area contributed by atoms with Gasteiger partial charge in [-0.05, 0) is 49.5 Å². The zero-order chi connectivity index (χ0) is 20.6. The third-order valence-electron chi connectivity index (χ3n) is 4.93. The molecule has 6 heteroatoms. The van der Waals surface area contributed by atoms with E-state index in [1.54, 1.807) is 13.2 Å². The van der Waals surface area contributed by atoms with Crippen LogP contribution in [0.4, 0.5) is 11.5 Å². The Hall–Kier alpha value is -3.12. The first kappa shape index (κ1) is 20.6. The van der Waals surface area contributed by atoms with E-state index in [4.69, 9.17) is 4.74 Å². The van der Waals surface area contributed by atoms with Crippen LogP contribution in [0.2, 0.25) is 0 Å². The molecule has 3 rings (SSSR count). The van der Waals surface area contributed by atoms with Crippen LogP contribution in [-0.2, 0) is 0 Å². The predicted molar refractivity (Wildman–Crippen MR) is 118 cm³/mol. The molecule has 2 aromatic carbocycles. The van der Waals surface area contributed by atoms with Gasteiger partial charge in [-0.15, -0.1) is 0 Å². The number of para-hydroxylation sites is 1. The van der Waals surface area contributed by atoms with Crippen LogP contribution in [0, 0.1) is 0 Å². The van der Waals surface area contributed by atoms with Gasteiger partial charge in [0.25, 0.3) is 5.91 Å². The second-order valence-electron chi connectivity index (χ2n) is 6.71. The number of fused-ring (bicyclic) bond motifs is 1. The largest absolute Gasteiger partial charge is 0.497 e. The van der Waals surface area contributed by atoms with Gasteiger partial charge < -0.3 is 20.3 Å². The number of hydrogen-bond donors (Lipinski definition) is 2. The Morgan fingerprint density at radius 2 is 1.79 bits per heavy atom. The molecule has 1 heterocycles. The van der Waals surface area contributed by atoms with Crippen LogP contribution in [0.3, 0.4) is 0 Å². The van der Waals surface area contributed by atoms with Gasteiger partial charge in [0, 0.05) is 24.2 Å². The van der Waals surface area contributed by atoms with Crippen LogP contribution >= 0.6 is 0 Å². The zero-order valence-corrected chi connectivity index (χ0v) is 17.2. The van der Waals surface area contributed by atoms with Crippen molar-refractivity contribution < 1.29 is 9.53 Å². The van der Waals surface area contributed by atoms with Gasteiger partial charge in [-0.2, -0.15) is 0 Å². The molecule has 0 unspecified atom stereocenters. The molecular weight excluding hydrogens is 364 g/mol. The maximum atomic E-state index is 12.9. The molecule has 0 bridgehead atoms. The summed E-state index contributed by atoms with van der Waals surface area (Å²) in [5, 5.41) is 7.16. The van der Waals surface area contributed by atoms with E-state index >= 15 is 0 Å². The summed E-state index contributed by atoms with van der Waals surface area (Å²) in [5.41, 5.74) is 2.27. The SMILES string of the molecule is CCN(CC)CCNC(=O)c1cc(Nc2ccc(OC)cc2)nc2ccccc12. The van der Waals surface area contributed by atoms with Gasteiger partial charge in [-0.3, -0.25) is 4.79 Å². The lowest BCUT2D eigenvalue weighted by Crippen LogP contribution is -2.34. The number of likely N-dealkylation sites (N-methyl/N-ethyl adjacent to an activating group) is 1. The molecule has 0 spiro atoms. The van der Waals surface area contributed by atoms with Crippen molar-refractivity contribution in [1.82, 2.24) is 15.2 Å². The topological polar surface area (TPSA) is 66.5 Å². The fraction of sp³-hybridized carbons (Fsp3) is 0.304. The van der Waals surface area contributed by atoms with Gasteiger partial charge >= 0.3 is 0 Å². The fourth-order valence-corrected chi connectivity index (χ4v) is 3.21. The van der Waals surface area contributed by atoms with Gasteiger partial charge in [-0.1, -0.05) is 32.0 Å². The predicted octanol–water partition coefficient (Wildman–Crippen LogP) is 4.06. The number of benzene rings is 2. The molecule has 0 saturated carbocycles. The first-order valence-electron chi connectivity index (χ1n) is 9.96. The summed E-state index contributed by atoms with van der Waals surface area (Å²) in [6.45, 7) is 7.63. The van der Waals surface area contributed by atoms with Gasteiger partial charge in [0.05, 0.1) is 18.2 Å². The minimum atomic E-state index is -0.0893. The van der Waals surface area contributed by atoms with E-state index in [1.165, 1.54) is 0 Å². The number of amides is 1. The van der Waals surface area contributed by atoms with Crippen LogP contribution in [0.1, 0.15) is 24.2 Å². The van der Waals surface area contributed by atoms with E-state index in [2.05, 4.69) is 34.4 Å². The summed E-state index contributed by atoms with van der Waals surface area (Å²) < 4.78 is 5.20. The number of aromatic nitrogens is 1. The van der Waals surface area contributed by atoms with Crippen LogP contribution in [0.5, 0.6) is 5.75 Å². The zero-order valence-electron chi connectivity index (χ0n) is 17.2. The molecule has 2 N–H and O–H groups in total. The molecule has 0 atom stereocenters. The van der Waals surface area contributed by atoms with Gasteiger partial charge in [-0.25, -0.2) is 4.98 Å². The van der Waals surface area contributed by atoms with Crippen LogP contribution in [-0.4, -0.2) is 49.1 Å². The van der Waals surface area contributed by atoms with Crippen molar-refractivity contribution in [3.63, 3.8) is 0 Å². The summed E-state index contributed by atoms with van der Waals surface area (Å²) >= 11 is 0. The summed E-state index contributed by atoms with van der Waals surface area (Å²) in [4.78, 5) is 19.8. The van der Waals surface area contributed by atoms with Gasteiger partial charge in [0.1, 0.15) is 11.6 Å². The number of nitrogens with zero attached hydrogens (tertiary/aromatic N) is 2. The van der Waals surface area contributed by atoms with E-state index < -0.39 is 0 Å². The standard InChI is InChI=1S/C23H28N4O2/c1-4-27(5-2)15-14-24-23(28)20-16-22(26-21-9-7-6-8-19(20)21)25-17-10-12-18(29-3)13-11-17/h6-13,16H,4-5,14-15H2,1-3H3,(H,24,28)(H,25,26). The molecule has 0 aliphatic heterocycles. The molecule has 0 aliphatic carbocycles.